The highest BCUT2D eigenvalue weighted by Crippen LogP contribution is 2.23. The molecule has 0 radical (unpaired) electrons. The molecule has 0 bridgehead atoms. The first-order valence-corrected chi connectivity index (χ1v) is 8.59. The number of hydrogen-bond donors (Lipinski definition) is 0. The van der Waals surface area contributed by atoms with Gasteiger partial charge in [0.25, 0.3) is 5.91 Å². The van der Waals surface area contributed by atoms with Crippen molar-refractivity contribution in [2.75, 3.05) is 13.1 Å². The van der Waals surface area contributed by atoms with E-state index in [2.05, 4.69) is 16.3 Å². The van der Waals surface area contributed by atoms with Crippen molar-refractivity contribution in [3.05, 3.63) is 66.5 Å². The number of hydrogen-bond acceptors (Lipinski definition) is 3. The number of benzene rings is 1. The van der Waals surface area contributed by atoms with Gasteiger partial charge in [-0.25, -0.2) is 4.98 Å². The molecule has 128 valence electrons. The van der Waals surface area contributed by atoms with Gasteiger partial charge in [-0.3, -0.25) is 9.48 Å². The van der Waals surface area contributed by atoms with Crippen LogP contribution in [0.25, 0.3) is 5.69 Å². The van der Waals surface area contributed by atoms with Gasteiger partial charge in [0.1, 0.15) is 0 Å². The summed E-state index contributed by atoms with van der Waals surface area (Å²) in [6.45, 7) is 3.55. The Labute approximate surface area is 146 Å². The molecule has 1 aliphatic heterocycles. The molecule has 1 saturated heterocycles. The third-order valence-electron chi connectivity index (χ3n) is 4.71. The molecule has 3 heterocycles. The molecule has 6 heteroatoms. The second-order valence-electron chi connectivity index (χ2n) is 6.56. The van der Waals surface area contributed by atoms with E-state index in [4.69, 9.17) is 0 Å². The van der Waals surface area contributed by atoms with E-state index in [1.165, 1.54) is 0 Å². The van der Waals surface area contributed by atoms with Crippen molar-refractivity contribution < 1.29 is 4.79 Å². The van der Waals surface area contributed by atoms with Crippen LogP contribution in [0.5, 0.6) is 0 Å². The summed E-state index contributed by atoms with van der Waals surface area (Å²) in [5.41, 5.74) is 2.87. The maximum atomic E-state index is 12.9. The Morgan fingerprint density at radius 2 is 2.08 bits per heavy atom. The fourth-order valence-electron chi connectivity index (χ4n) is 3.36. The second kappa shape index (κ2) is 6.55. The molecule has 1 fully saturated rings. The number of imidazole rings is 1. The number of aromatic nitrogens is 4. The number of carbonyl (C=O) groups excluding carboxylic acids is 1. The summed E-state index contributed by atoms with van der Waals surface area (Å²) < 4.78 is 3.92. The van der Waals surface area contributed by atoms with E-state index in [1.54, 1.807) is 12.5 Å². The van der Waals surface area contributed by atoms with Crippen LogP contribution < -0.4 is 0 Å². The zero-order valence-corrected chi connectivity index (χ0v) is 14.2. The average molecular weight is 335 g/mol. The van der Waals surface area contributed by atoms with Crippen LogP contribution in [0.3, 0.4) is 0 Å². The Hall–Kier alpha value is -2.89. The summed E-state index contributed by atoms with van der Waals surface area (Å²) in [4.78, 5) is 18.8. The van der Waals surface area contributed by atoms with Crippen molar-refractivity contribution in [1.29, 1.82) is 0 Å². The molecule has 25 heavy (non-hydrogen) atoms. The summed E-state index contributed by atoms with van der Waals surface area (Å²) in [6, 6.07) is 7.94. The van der Waals surface area contributed by atoms with Gasteiger partial charge < -0.3 is 9.47 Å². The Bertz CT molecular complexity index is 850. The number of amides is 1. The Morgan fingerprint density at radius 3 is 2.76 bits per heavy atom. The van der Waals surface area contributed by atoms with Crippen molar-refractivity contribution in [3.8, 4) is 5.69 Å². The predicted octanol–water partition coefficient (Wildman–Crippen LogP) is 2.85. The van der Waals surface area contributed by atoms with Crippen LogP contribution in [-0.2, 0) is 0 Å². The standard InChI is InChI=1S/C19H21N5O/c1-15-11-21-24(12-15)18-3-2-9-22(13-18)19(25)16-4-6-17(7-5-16)23-10-8-20-14-23/h4-8,10-12,14,18H,2-3,9,13H2,1H3/t18-/m0/s1. The van der Waals surface area contributed by atoms with E-state index in [1.807, 2.05) is 57.7 Å². The van der Waals surface area contributed by atoms with Gasteiger partial charge in [-0.15, -0.1) is 0 Å². The maximum absolute atomic E-state index is 12.9. The lowest BCUT2D eigenvalue weighted by Crippen LogP contribution is -2.40. The molecule has 0 aliphatic carbocycles. The van der Waals surface area contributed by atoms with Gasteiger partial charge in [0.05, 0.1) is 18.6 Å². The lowest BCUT2D eigenvalue weighted by atomic mass is 10.0. The van der Waals surface area contributed by atoms with Crippen LogP contribution in [0.1, 0.15) is 34.8 Å². The molecule has 2 aromatic heterocycles. The first-order valence-electron chi connectivity index (χ1n) is 8.59. The van der Waals surface area contributed by atoms with Gasteiger partial charge in [0.15, 0.2) is 0 Å². The number of aryl methyl sites for hydroxylation is 1. The normalized spacial score (nSPS) is 17.6. The highest BCUT2D eigenvalue weighted by atomic mass is 16.2. The fraction of sp³-hybridized carbons (Fsp3) is 0.316. The van der Waals surface area contributed by atoms with Gasteiger partial charge >= 0.3 is 0 Å². The summed E-state index contributed by atoms with van der Waals surface area (Å²) in [5, 5.41) is 4.42. The van der Waals surface area contributed by atoms with Gasteiger partial charge in [0, 0.05) is 42.9 Å². The minimum absolute atomic E-state index is 0.0887. The lowest BCUT2D eigenvalue weighted by Gasteiger charge is -2.33. The smallest absolute Gasteiger partial charge is 0.253 e. The molecule has 0 unspecified atom stereocenters. The molecule has 1 amide bonds. The van der Waals surface area contributed by atoms with E-state index in [-0.39, 0.29) is 11.9 Å². The maximum Gasteiger partial charge on any atom is 0.253 e. The zero-order chi connectivity index (χ0) is 17.2. The second-order valence-corrected chi connectivity index (χ2v) is 6.56. The van der Waals surface area contributed by atoms with Gasteiger partial charge in [-0.2, -0.15) is 5.10 Å². The molecule has 1 atom stereocenters. The molecule has 4 rings (SSSR count). The third kappa shape index (κ3) is 3.20. The highest BCUT2D eigenvalue weighted by Gasteiger charge is 2.25. The molecule has 0 spiro atoms. The summed E-state index contributed by atoms with van der Waals surface area (Å²) in [6.07, 6.45) is 11.4. The van der Waals surface area contributed by atoms with Crippen LogP contribution in [0, 0.1) is 6.92 Å². The van der Waals surface area contributed by atoms with Gasteiger partial charge in [0.2, 0.25) is 0 Å². The number of rotatable bonds is 3. The molecule has 0 N–H and O–H groups in total. The van der Waals surface area contributed by atoms with Gasteiger partial charge in [-0.1, -0.05) is 0 Å². The van der Waals surface area contributed by atoms with Crippen LogP contribution in [0.2, 0.25) is 0 Å². The Kier molecular flexibility index (Phi) is 4.09. The molecule has 0 saturated carbocycles. The molecule has 1 aliphatic rings. The van der Waals surface area contributed by atoms with Crippen LogP contribution in [0.4, 0.5) is 0 Å². The minimum Gasteiger partial charge on any atom is -0.337 e. The van der Waals surface area contributed by atoms with E-state index in [0.717, 1.165) is 36.2 Å². The van der Waals surface area contributed by atoms with E-state index >= 15 is 0 Å². The molecule has 1 aromatic carbocycles. The fourth-order valence-corrected chi connectivity index (χ4v) is 3.36. The molecule has 6 nitrogen and oxygen atoms in total. The van der Waals surface area contributed by atoms with Crippen LogP contribution in [0.15, 0.2) is 55.4 Å². The monoisotopic (exact) mass is 335 g/mol. The van der Waals surface area contributed by atoms with Crippen molar-refractivity contribution >= 4 is 5.91 Å². The van der Waals surface area contributed by atoms with Crippen LogP contribution >= 0.6 is 0 Å². The SMILES string of the molecule is Cc1cnn([C@H]2CCCN(C(=O)c3ccc(-n4ccnc4)cc3)C2)c1. The van der Waals surface area contributed by atoms with E-state index in [0.29, 0.717) is 6.54 Å². The lowest BCUT2D eigenvalue weighted by molar-refractivity contribution is 0.0673. The molecule has 3 aromatic rings. The third-order valence-corrected chi connectivity index (χ3v) is 4.71. The van der Waals surface area contributed by atoms with Gasteiger partial charge in [-0.05, 0) is 49.6 Å². The van der Waals surface area contributed by atoms with Crippen LogP contribution in [-0.4, -0.2) is 43.2 Å². The first kappa shape index (κ1) is 15.6. The quantitative estimate of drug-likeness (QED) is 0.739. The van der Waals surface area contributed by atoms with Crippen molar-refractivity contribution in [2.24, 2.45) is 0 Å². The summed E-state index contributed by atoms with van der Waals surface area (Å²) >= 11 is 0. The number of likely N-dealkylation sites (tertiary alicyclic amines) is 1. The summed E-state index contributed by atoms with van der Waals surface area (Å²) in [5.74, 6) is 0.0887. The largest absolute Gasteiger partial charge is 0.337 e. The van der Waals surface area contributed by atoms with E-state index < -0.39 is 0 Å². The summed E-state index contributed by atoms with van der Waals surface area (Å²) in [7, 11) is 0. The zero-order valence-electron chi connectivity index (χ0n) is 14.2. The number of nitrogens with zero attached hydrogens (tertiary/aromatic N) is 5. The predicted molar refractivity (Wildman–Crippen MR) is 94.7 cm³/mol. The Balaban J connectivity index is 1.48. The van der Waals surface area contributed by atoms with Crippen molar-refractivity contribution in [2.45, 2.75) is 25.8 Å². The van der Waals surface area contributed by atoms with Crippen molar-refractivity contribution in [1.82, 2.24) is 24.2 Å². The van der Waals surface area contributed by atoms with Crippen molar-refractivity contribution in [3.63, 3.8) is 0 Å². The Morgan fingerprint density at radius 1 is 1.24 bits per heavy atom. The molecular formula is C19H21N5O. The topological polar surface area (TPSA) is 56.0 Å². The molecular weight excluding hydrogens is 314 g/mol. The average Bonchev–Trinajstić information content (AvgIpc) is 3.33. The number of piperidine rings is 1. The number of carbonyl (C=O) groups is 1. The first-order chi connectivity index (χ1) is 12.2. The minimum atomic E-state index is 0.0887. The highest BCUT2D eigenvalue weighted by molar-refractivity contribution is 5.94. The van der Waals surface area contributed by atoms with E-state index in [9.17, 15) is 4.79 Å².